The van der Waals surface area contributed by atoms with Gasteiger partial charge in [0.15, 0.2) is 0 Å². The molecule has 0 amide bonds. The van der Waals surface area contributed by atoms with Crippen molar-refractivity contribution in [1.82, 2.24) is 20.2 Å². The Kier molecular flexibility index (Phi) is 4.66. The maximum absolute atomic E-state index is 12.5. The molecule has 1 N–H and O–H groups in total. The lowest BCUT2D eigenvalue weighted by molar-refractivity contribution is 0.0289. The number of pyridine rings is 2. The predicted octanol–water partition coefficient (Wildman–Crippen LogP) is 2.40. The van der Waals surface area contributed by atoms with Crippen molar-refractivity contribution >= 4 is 27.7 Å². The van der Waals surface area contributed by atoms with Crippen LogP contribution >= 0.6 is 0 Å². The molecular formula is C16H16N4O3S. The smallest absolute Gasteiger partial charge is 0.341 e. The van der Waals surface area contributed by atoms with E-state index < -0.39 is 22.9 Å². The Balaban J connectivity index is 1.88. The van der Waals surface area contributed by atoms with Gasteiger partial charge in [-0.25, -0.2) is 9.78 Å². The average molecular weight is 344 g/mol. The third-order valence-electron chi connectivity index (χ3n) is 3.63. The normalized spacial score (nSPS) is 13.6. The maximum atomic E-state index is 12.5. The van der Waals surface area contributed by atoms with Gasteiger partial charge in [-0.05, 0) is 24.1 Å². The van der Waals surface area contributed by atoms with Gasteiger partial charge in [0.25, 0.3) is 0 Å². The van der Waals surface area contributed by atoms with Crippen LogP contribution in [-0.4, -0.2) is 36.6 Å². The topological polar surface area (TPSA) is 97.8 Å². The predicted molar refractivity (Wildman–Crippen MR) is 88.9 cm³/mol. The second-order valence-electron chi connectivity index (χ2n) is 5.20. The summed E-state index contributed by atoms with van der Waals surface area (Å²) in [6.45, 7) is 1.91. The highest BCUT2D eigenvalue weighted by molar-refractivity contribution is 7.84. The first-order valence-electron chi connectivity index (χ1n) is 7.37. The van der Waals surface area contributed by atoms with Crippen molar-refractivity contribution in [3.05, 3.63) is 48.0 Å². The van der Waals surface area contributed by atoms with E-state index in [4.69, 9.17) is 4.74 Å². The molecule has 3 heterocycles. The van der Waals surface area contributed by atoms with Gasteiger partial charge < -0.3 is 4.74 Å². The monoisotopic (exact) mass is 344 g/mol. The fourth-order valence-corrected chi connectivity index (χ4v) is 2.90. The Morgan fingerprint density at radius 2 is 2.21 bits per heavy atom. The lowest BCUT2D eigenvalue weighted by atomic mass is 10.1. The molecule has 8 heteroatoms. The first kappa shape index (κ1) is 16.3. The van der Waals surface area contributed by atoms with Gasteiger partial charge in [-0.2, -0.15) is 5.10 Å². The number of esters is 1. The molecular weight excluding hydrogens is 328 g/mol. The van der Waals surface area contributed by atoms with Crippen molar-refractivity contribution in [2.45, 2.75) is 24.5 Å². The summed E-state index contributed by atoms with van der Waals surface area (Å²) < 4.78 is 17.2. The van der Waals surface area contributed by atoms with E-state index in [1.54, 1.807) is 37.0 Å². The quantitative estimate of drug-likeness (QED) is 0.714. The van der Waals surface area contributed by atoms with Crippen molar-refractivity contribution in [2.75, 3.05) is 6.26 Å². The van der Waals surface area contributed by atoms with Crippen LogP contribution < -0.4 is 0 Å². The summed E-state index contributed by atoms with van der Waals surface area (Å²) >= 11 is 0. The number of ether oxygens (including phenoxy) is 1. The van der Waals surface area contributed by atoms with E-state index in [2.05, 4.69) is 20.2 Å². The zero-order valence-corrected chi connectivity index (χ0v) is 14.0. The minimum Gasteiger partial charge on any atom is -0.454 e. The Morgan fingerprint density at radius 1 is 1.38 bits per heavy atom. The average Bonchev–Trinajstić information content (AvgIpc) is 3.08. The van der Waals surface area contributed by atoms with E-state index in [-0.39, 0.29) is 0 Å². The zero-order valence-electron chi connectivity index (χ0n) is 13.2. The molecule has 124 valence electrons. The molecule has 0 spiro atoms. The van der Waals surface area contributed by atoms with E-state index in [0.717, 1.165) is 5.56 Å². The standard InChI is InChI=1S/C16H16N4O3S/c1-3-14(10-4-5-18-15(6-10)24(2)22)23-16(21)12-7-17-9-13-11(12)8-19-20-13/h4-9,14H,3H2,1-2H3,(H,19,20). The fraction of sp³-hybridized carbons (Fsp3) is 0.250. The largest absolute Gasteiger partial charge is 0.454 e. The minimum atomic E-state index is -1.19. The second kappa shape index (κ2) is 6.88. The molecule has 3 aromatic heterocycles. The Labute approximate surface area is 140 Å². The Morgan fingerprint density at radius 3 is 2.96 bits per heavy atom. The first-order valence-corrected chi connectivity index (χ1v) is 8.93. The number of hydrogen-bond donors (Lipinski definition) is 1. The van der Waals surface area contributed by atoms with E-state index in [9.17, 15) is 9.00 Å². The number of aromatic nitrogens is 4. The van der Waals surface area contributed by atoms with Gasteiger partial charge in [0.05, 0.1) is 34.3 Å². The minimum absolute atomic E-state index is 0.355. The summed E-state index contributed by atoms with van der Waals surface area (Å²) in [7, 11) is -1.19. The molecule has 0 saturated carbocycles. The van der Waals surface area contributed by atoms with Gasteiger partial charge >= 0.3 is 5.97 Å². The Hall–Kier alpha value is -2.61. The fourth-order valence-electron chi connectivity index (χ4n) is 2.39. The molecule has 0 aromatic carbocycles. The SMILES string of the molecule is CCC(OC(=O)c1cncc2[nH]ncc12)c1ccnc(S(C)=O)c1. The molecule has 3 aromatic rings. The van der Waals surface area contributed by atoms with Crippen LogP contribution in [0.2, 0.25) is 0 Å². The third-order valence-corrected chi connectivity index (χ3v) is 4.44. The second-order valence-corrected chi connectivity index (χ2v) is 6.53. The summed E-state index contributed by atoms with van der Waals surface area (Å²) in [4.78, 5) is 20.6. The molecule has 3 rings (SSSR count). The number of nitrogens with one attached hydrogen (secondary N) is 1. The summed E-state index contributed by atoms with van der Waals surface area (Å²) in [6.07, 6.45) is 7.89. The van der Waals surface area contributed by atoms with E-state index in [0.29, 0.717) is 27.9 Å². The molecule has 0 fully saturated rings. The summed E-state index contributed by atoms with van der Waals surface area (Å²) in [5.41, 5.74) is 1.79. The Bertz CT molecular complexity index is 909. The lowest BCUT2D eigenvalue weighted by Crippen LogP contribution is -2.12. The molecule has 0 aliphatic heterocycles. The molecule has 0 saturated heterocycles. The number of carbonyl (C=O) groups is 1. The molecule has 2 atom stereocenters. The van der Waals surface area contributed by atoms with Crippen molar-refractivity contribution < 1.29 is 13.7 Å². The molecule has 7 nitrogen and oxygen atoms in total. The number of carbonyl (C=O) groups excluding carboxylic acids is 1. The highest BCUT2D eigenvalue weighted by Gasteiger charge is 2.20. The molecule has 0 bridgehead atoms. The van der Waals surface area contributed by atoms with Gasteiger partial charge in [-0.1, -0.05) is 6.92 Å². The van der Waals surface area contributed by atoms with Gasteiger partial charge in [0.1, 0.15) is 11.1 Å². The van der Waals surface area contributed by atoms with Crippen molar-refractivity contribution in [3.63, 3.8) is 0 Å². The van der Waals surface area contributed by atoms with Gasteiger partial charge in [-0.15, -0.1) is 0 Å². The highest BCUT2D eigenvalue weighted by Crippen LogP contribution is 2.25. The van der Waals surface area contributed by atoms with Crippen molar-refractivity contribution in [1.29, 1.82) is 0 Å². The number of fused-ring (bicyclic) bond motifs is 1. The van der Waals surface area contributed by atoms with Crippen LogP contribution in [0.5, 0.6) is 0 Å². The summed E-state index contributed by atoms with van der Waals surface area (Å²) in [6, 6.07) is 3.46. The number of nitrogens with zero attached hydrogens (tertiary/aromatic N) is 3. The summed E-state index contributed by atoms with van der Waals surface area (Å²) in [5, 5.41) is 7.81. The molecule has 0 aliphatic rings. The van der Waals surface area contributed by atoms with E-state index >= 15 is 0 Å². The number of hydrogen-bond acceptors (Lipinski definition) is 6. The highest BCUT2D eigenvalue weighted by atomic mass is 32.2. The molecule has 24 heavy (non-hydrogen) atoms. The van der Waals surface area contributed by atoms with Crippen molar-refractivity contribution in [3.8, 4) is 0 Å². The number of aromatic amines is 1. The van der Waals surface area contributed by atoms with Gasteiger partial charge in [0, 0.05) is 24.0 Å². The molecule has 0 aliphatic carbocycles. The van der Waals surface area contributed by atoms with Crippen LogP contribution in [-0.2, 0) is 15.5 Å². The van der Waals surface area contributed by atoms with Crippen LogP contribution in [0.3, 0.4) is 0 Å². The van der Waals surface area contributed by atoms with E-state index in [1.165, 1.54) is 6.20 Å². The van der Waals surface area contributed by atoms with Gasteiger partial charge in [0.2, 0.25) is 0 Å². The van der Waals surface area contributed by atoms with Crippen LogP contribution in [0.25, 0.3) is 10.9 Å². The molecule has 0 radical (unpaired) electrons. The number of rotatable bonds is 5. The van der Waals surface area contributed by atoms with Crippen LogP contribution in [0.15, 0.2) is 41.9 Å². The summed E-state index contributed by atoms with van der Waals surface area (Å²) in [5.74, 6) is -0.475. The van der Waals surface area contributed by atoms with Crippen LogP contribution in [0.4, 0.5) is 0 Å². The van der Waals surface area contributed by atoms with Gasteiger partial charge in [-0.3, -0.25) is 14.3 Å². The van der Waals surface area contributed by atoms with E-state index in [1.807, 2.05) is 6.92 Å². The number of H-pyrrole nitrogens is 1. The molecule has 2 unspecified atom stereocenters. The lowest BCUT2D eigenvalue weighted by Gasteiger charge is -2.17. The van der Waals surface area contributed by atoms with Crippen LogP contribution in [0.1, 0.15) is 35.4 Å². The third kappa shape index (κ3) is 3.18. The van der Waals surface area contributed by atoms with Crippen molar-refractivity contribution in [2.24, 2.45) is 0 Å². The maximum Gasteiger partial charge on any atom is 0.341 e. The zero-order chi connectivity index (χ0) is 17.1. The first-order chi connectivity index (χ1) is 11.6. The van der Waals surface area contributed by atoms with Crippen LogP contribution in [0, 0.1) is 0 Å².